The van der Waals surface area contributed by atoms with Crippen LogP contribution in [0.2, 0.25) is 0 Å². The van der Waals surface area contributed by atoms with Crippen molar-refractivity contribution >= 4 is 0 Å². The van der Waals surface area contributed by atoms with Gasteiger partial charge in [-0.15, -0.1) is 0 Å². The highest BCUT2D eigenvalue weighted by atomic mass is 16.1. The first-order valence-corrected chi connectivity index (χ1v) is 4.40. The third kappa shape index (κ3) is 1.26. The van der Waals surface area contributed by atoms with Crippen molar-refractivity contribution in [2.75, 3.05) is 0 Å². The maximum absolute atomic E-state index is 11.3. The van der Waals surface area contributed by atoms with Crippen molar-refractivity contribution in [3.05, 3.63) is 28.4 Å². The minimum absolute atomic E-state index is 0.0388. The van der Waals surface area contributed by atoms with Crippen molar-refractivity contribution in [1.29, 1.82) is 0 Å². The largest absolute Gasteiger partial charge is 0.313 e. The number of aromatic nitrogens is 2. The number of hydrogen-bond acceptors (Lipinski definition) is 2. The predicted octanol–water partition coefficient (Wildman–Crippen LogP) is 1.43. The summed E-state index contributed by atoms with van der Waals surface area (Å²) in [6, 6.07) is 0. The number of rotatable bonds is 1. The fourth-order valence-corrected chi connectivity index (χ4v) is 1.88. The maximum Gasteiger partial charge on any atom is 0.254 e. The van der Waals surface area contributed by atoms with E-state index in [-0.39, 0.29) is 5.56 Å². The Morgan fingerprint density at radius 2 is 2.17 bits per heavy atom. The van der Waals surface area contributed by atoms with Gasteiger partial charge in [-0.2, -0.15) is 0 Å². The zero-order valence-electron chi connectivity index (χ0n) is 6.92. The van der Waals surface area contributed by atoms with E-state index in [2.05, 4.69) is 9.97 Å². The van der Waals surface area contributed by atoms with Gasteiger partial charge >= 0.3 is 0 Å². The van der Waals surface area contributed by atoms with Crippen LogP contribution in [0.25, 0.3) is 0 Å². The molecule has 1 aliphatic rings. The van der Waals surface area contributed by atoms with Crippen molar-refractivity contribution < 1.29 is 0 Å². The van der Waals surface area contributed by atoms with Crippen LogP contribution in [0.1, 0.15) is 37.2 Å². The first kappa shape index (κ1) is 7.53. The number of H-pyrrole nitrogens is 1. The molecular formula is C9H12N2O. The van der Waals surface area contributed by atoms with Gasteiger partial charge in [-0.05, 0) is 18.8 Å². The quantitative estimate of drug-likeness (QED) is 0.682. The van der Waals surface area contributed by atoms with E-state index in [0.29, 0.717) is 5.92 Å². The third-order valence-corrected chi connectivity index (χ3v) is 2.54. The molecule has 64 valence electrons. The van der Waals surface area contributed by atoms with Crippen LogP contribution in [0.4, 0.5) is 0 Å². The summed E-state index contributed by atoms with van der Waals surface area (Å²) < 4.78 is 0. The molecule has 1 N–H and O–H groups in total. The molecule has 0 aromatic carbocycles. The molecule has 1 saturated carbocycles. The lowest BCUT2D eigenvalue weighted by Gasteiger charge is -2.05. The molecule has 1 aliphatic carbocycles. The zero-order valence-corrected chi connectivity index (χ0v) is 6.92. The molecule has 2 rings (SSSR count). The number of aromatic amines is 1. The van der Waals surface area contributed by atoms with Gasteiger partial charge in [0, 0.05) is 11.8 Å². The summed E-state index contributed by atoms with van der Waals surface area (Å²) in [7, 11) is 0. The van der Waals surface area contributed by atoms with E-state index >= 15 is 0 Å². The first-order valence-electron chi connectivity index (χ1n) is 4.40. The van der Waals surface area contributed by atoms with Crippen molar-refractivity contribution in [3.8, 4) is 0 Å². The molecule has 0 bridgehead atoms. The van der Waals surface area contributed by atoms with Crippen LogP contribution in [-0.4, -0.2) is 9.97 Å². The Balaban J connectivity index is 2.32. The van der Waals surface area contributed by atoms with Crippen LogP contribution in [0.5, 0.6) is 0 Å². The zero-order chi connectivity index (χ0) is 8.39. The maximum atomic E-state index is 11.3. The molecule has 0 aliphatic heterocycles. The van der Waals surface area contributed by atoms with E-state index in [1.165, 1.54) is 19.2 Å². The summed E-state index contributed by atoms with van der Waals surface area (Å²) in [4.78, 5) is 17.9. The molecule has 0 radical (unpaired) electrons. The highest BCUT2D eigenvalue weighted by Crippen LogP contribution is 2.31. The first-order chi connectivity index (χ1) is 5.88. The van der Waals surface area contributed by atoms with Crippen molar-refractivity contribution in [1.82, 2.24) is 9.97 Å². The molecule has 3 nitrogen and oxygen atoms in total. The van der Waals surface area contributed by atoms with Crippen LogP contribution in [0.15, 0.2) is 17.3 Å². The Labute approximate surface area is 70.9 Å². The highest BCUT2D eigenvalue weighted by Gasteiger charge is 2.19. The van der Waals surface area contributed by atoms with Crippen molar-refractivity contribution in [3.63, 3.8) is 0 Å². The lowest BCUT2D eigenvalue weighted by atomic mass is 10.0. The van der Waals surface area contributed by atoms with E-state index in [4.69, 9.17) is 0 Å². The summed E-state index contributed by atoms with van der Waals surface area (Å²) in [5.41, 5.74) is 0.909. The van der Waals surface area contributed by atoms with Gasteiger partial charge in [0.2, 0.25) is 0 Å². The minimum atomic E-state index is 0.0388. The van der Waals surface area contributed by atoms with Crippen LogP contribution >= 0.6 is 0 Å². The van der Waals surface area contributed by atoms with Gasteiger partial charge in [0.05, 0.1) is 6.33 Å². The molecule has 1 fully saturated rings. The van der Waals surface area contributed by atoms with E-state index < -0.39 is 0 Å². The number of nitrogens with one attached hydrogen (secondary N) is 1. The fourth-order valence-electron chi connectivity index (χ4n) is 1.88. The normalized spacial score (nSPS) is 18.3. The van der Waals surface area contributed by atoms with Gasteiger partial charge in [-0.1, -0.05) is 12.8 Å². The van der Waals surface area contributed by atoms with Crippen LogP contribution in [0.3, 0.4) is 0 Å². The molecule has 0 atom stereocenters. The second-order valence-corrected chi connectivity index (χ2v) is 3.32. The third-order valence-electron chi connectivity index (χ3n) is 2.54. The van der Waals surface area contributed by atoms with Gasteiger partial charge in [-0.3, -0.25) is 4.79 Å². The average molecular weight is 164 g/mol. The second-order valence-electron chi connectivity index (χ2n) is 3.32. The van der Waals surface area contributed by atoms with E-state index in [1.54, 1.807) is 6.20 Å². The number of nitrogens with zero attached hydrogens (tertiary/aromatic N) is 1. The van der Waals surface area contributed by atoms with Crippen molar-refractivity contribution in [2.45, 2.75) is 31.6 Å². The summed E-state index contributed by atoms with van der Waals surface area (Å²) in [5, 5.41) is 0. The molecule has 0 spiro atoms. The molecule has 1 aromatic rings. The molecule has 0 unspecified atom stereocenters. The average Bonchev–Trinajstić information content (AvgIpc) is 2.57. The monoisotopic (exact) mass is 164 g/mol. The topological polar surface area (TPSA) is 45.8 Å². The van der Waals surface area contributed by atoms with Gasteiger partial charge in [0.15, 0.2) is 0 Å². The van der Waals surface area contributed by atoms with Gasteiger partial charge < -0.3 is 4.98 Å². The Morgan fingerprint density at radius 1 is 1.42 bits per heavy atom. The Hall–Kier alpha value is -1.12. The predicted molar refractivity (Wildman–Crippen MR) is 46.1 cm³/mol. The Kier molecular flexibility index (Phi) is 1.94. The second kappa shape index (κ2) is 3.09. The molecule has 12 heavy (non-hydrogen) atoms. The molecule has 3 heteroatoms. The Bertz CT molecular complexity index is 312. The molecule has 0 amide bonds. The summed E-state index contributed by atoms with van der Waals surface area (Å²) in [6.07, 6.45) is 7.94. The minimum Gasteiger partial charge on any atom is -0.313 e. The van der Waals surface area contributed by atoms with E-state index in [9.17, 15) is 4.79 Å². The molecule has 0 saturated heterocycles. The highest BCUT2D eigenvalue weighted by molar-refractivity contribution is 5.11. The smallest absolute Gasteiger partial charge is 0.254 e. The van der Waals surface area contributed by atoms with Crippen LogP contribution in [0, 0.1) is 0 Å². The van der Waals surface area contributed by atoms with Gasteiger partial charge in [0.25, 0.3) is 5.56 Å². The van der Waals surface area contributed by atoms with Crippen molar-refractivity contribution in [2.24, 2.45) is 0 Å². The molecular weight excluding hydrogens is 152 g/mol. The fraction of sp³-hybridized carbons (Fsp3) is 0.556. The molecule has 1 heterocycles. The van der Waals surface area contributed by atoms with Crippen LogP contribution in [-0.2, 0) is 0 Å². The molecule has 1 aromatic heterocycles. The summed E-state index contributed by atoms with van der Waals surface area (Å²) >= 11 is 0. The van der Waals surface area contributed by atoms with E-state index in [1.807, 2.05) is 0 Å². The summed E-state index contributed by atoms with van der Waals surface area (Å²) in [5.74, 6) is 0.461. The van der Waals surface area contributed by atoms with Gasteiger partial charge in [0.1, 0.15) is 0 Å². The SMILES string of the molecule is O=c1[nH]cncc1C1CCCC1. The standard InChI is InChI=1S/C9H12N2O/c12-9-8(5-10-6-11-9)7-3-1-2-4-7/h5-7H,1-4H2,(H,10,11,12). The lowest BCUT2D eigenvalue weighted by Crippen LogP contribution is -2.14. The van der Waals surface area contributed by atoms with Crippen LogP contribution < -0.4 is 5.56 Å². The number of hydrogen-bond donors (Lipinski definition) is 1. The van der Waals surface area contributed by atoms with E-state index in [0.717, 1.165) is 18.4 Å². The Morgan fingerprint density at radius 3 is 2.83 bits per heavy atom. The van der Waals surface area contributed by atoms with Gasteiger partial charge in [-0.25, -0.2) is 4.98 Å². The lowest BCUT2D eigenvalue weighted by molar-refractivity contribution is 0.705. The summed E-state index contributed by atoms with van der Waals surface area (Å²) in [6.45, 7) is 0.